The normalized spacial score (nSPS) is 16.2. The molecule has 0 fully saturated rings. The maximum Gasteiger partial charge on any atom is 0.304 e. The van der Waals surface area contributed by atoms with Crippen molar-refractivity contribution in [1.29, 1.82) is 5.26 Å². The van der Waals surface area contributed by atoms with E-state index in [1.165, 1.54) is 35.2 Å². The van der Waals surface area contributed by atoms with Gasteiger partial charge in [-0.3, -0.25) is 9.59 Å². The first-order valence-electron chi connectivity index (χ1n) is 6.19. The summed E-state index contributed by atoms with van der Waals surface area (Å²) in [5.74, 6) is -1.16. The largest absolute Gasteiger partial charge is 0.457 e. The van der Waals surface area contributed by atoms with Crippen LogP contribution in [0.15, 0.2) is 0 Å². The summed E-state index contributed by atoms with van der Waals surface area (Å²) in [5, 5.41) is 9.11. The lowest BCUT2D eigenvalue weighted by Crippen LogP contribution is -2.50. The van der Waals surface area contributed by atoms with Crippen molar-refractivity contribution >= 4 is 11.9 Å². The second-order valence-corrected chi connectivity index (χ2v) is 4.16. The Morgan fingerprint density at radius 1 is 1.00 bits per heavy atom. The zero-order valence-electron chi connectivity index (χ0n) is 12.8. The third kappa shape index (κ3) is 6.53. The molecule has 0 saturated heterocycles. The molecule has 8 nitrogen and oxygen atoms in total. The van der Waals surface area contributed by atoms with Gasteiger partial charge in [0, 0.05) is 35.2 Å². The Morgan fingerprint density at radius 3 is 1.86 bits per heavy atom. The van der Waals surface area contributed by atoms with E-state index < -0.39 is 36.4 Å². The van der Waals surface area contributed by atoms with Gasteiger partial charge in [-0.05, 0) is 0 Å². The van der Waals surface area contributed by atoms with Gasteiger partial charge in [-0.2, -0.15) is 5.26 Å². The summed E-state index contributed by atoms with van der Waals surface area (Å²) in [6.07, 6.45) is -3.80. The summed E-state index contributed by atoms with van der Waals surface area (Å²) in [6, 6.07) is 1.82. The molecule has 21 heavy (non-hydrogen) atoms. The zero-order chi connectivity index (χ0) is 16.4. The number of ether oxygens (including phenoxy) is 5. The Bertz CT molecular complexity index is 379. The van der Waals surface area contributed by atoms with Gasteiger partial charge in [0.05, 0.1) is 6.61 Å². The van der Waals surface area contributed by atoms with Gasteiger partial charge >= 0.3 is 11.9 Å². The topological polar surface area (TPSA) is 104 Å². The summed E-state index contributed by atoms with van der Waals surface area (Å²) in [4.78, 5) is 22.2. The molecule has 0 rings (SSSR count). The number of rotatable bonds is 9. The van der Waals surface area contributed by atoms with Gasteiger partial charge in [-0.15, -0.1) is 0 Å². The molecule has 0 spiro atoms. The van der Waals surface area contributed by atoms with Crippen LogP contribution < -0.4 is 0 Å². The van der Waals surface area contributed by atoms with Crippen LogP contribution in [0.2, 0.25) is 0 Å². The average molecular weight is 303 g/mol. The van der Waals surface area contributed by atoms with Gasteiger partial charge in [0.25, 0.3) is 0 Å². The second kappa shape index (κ2) is 10.1. The molecule has 0 bridgehead atoms. The van der Waals surface area contributed by atoms with E-state index in [2.05, 4.69) is 0 Å². The standard InChI is InChI=1S/C13H21NO7/c1-8(15)20-10(6-14)12(18-4)13(19-5)11(7-17-3)21-9(2)16/h10-13H,7H2,1-5H3/t10-,11+,12+,13+/m0/s1. The summed E-state index contributed by atoms with van der Waals surface area (Å²) < 4.78 is 25.4. The number of methoxy groups -OCH3 is 3. The number of nitriles is 1. The predicted octanol–water partition coefficient (Wildman–Crippen LogP) is 0.0498. The van der Waals surface area contributed by atoms with Crippen molar-refractivity contribution < 1.29 is 33.3 Å². The Labute approximate surface area is 123 Å². The number of esters is 2. The van der Waals surface area contributed by atoms with Gasteiger partial charge in [-0.25, -0.2) is 0 Å². The van der Waals surface area contributed by atoms with Crippen molar-refractivity contribution in [3.63, 3.8) is 0 Å². The molecule has 0 unspecified atom stereocenters. The number of nitrogens with zero attached hydrogens (tertiary/aromatic N) is 1. The van der Waals surface area contributed by atoms with Crippen LogP contribution in [0.25, 0.3) is 0 Å². The van der Waals surface area contributed by atoms with E-state index in [0.29, 0.717) is 0 Å². The quantitative estimate of drug-likeness (QED) is 0.550. The van der Waals surface area contributed by atoms with E-state index in [1.54, 1.807) is 0 Å². The van der Waals surface area contributed by atoms with Crippen LogP contribution in [-0.4, -0.2) is 64.3 Å². The fraction of sp³-hybridized carbons (Fsp3) is 0.769. The molecule has 0 aliphatic rings. The van der Waals surface area contributed by atoms with Crippen LogP contribution in [0.3, 0.4) is 0 Å². The molecule has 0 N–H and O–H groups in total. The number of hydrogen-bond acceptors (Lipinski definition) is 8. The molecule has 0 aromatic rings. The van der Waals surface area contributed by atoms with Crippen molar-refractivity contribution in [3.05, 3.63) is 0 Å². The van der Waals surface area contributed by atoms with Gasteiger partial charge in [0.1, 0.15) is 18.3 Å². The molecule has 0 aromatic carbocycles. The highest BCUT2D eigenvalue weighted by Crippen LogP contribution is 2.17. The summed E-state index contributed by atoms with van der Waals surface area (Å²) >= 11 is 0. The molecule has 0 aliphatic heterocycles. The molecule has 120 valence electrons. The van der Waals surface area contributed by atoms with Gasteiger partial charge in [-0.1, -0.05) is 0 Å². The maximum atomic E-state index is 11.2. The minimum atomic E-state index is -1.20. The van der Waals surface area contributed by atoms with Crippen molar-refractivity contribution in [1.82, 2.24) is 0 Å². The average Bonchev–Trinajstić information content (AvgIpc) is 2.41. The summed E-state index contributed by atoms with van der Waals surface area (Å²) in [6.45, 7) is 2.46. The Hall–Kier alpha value is -1.69. The monoisotopic (exact) mass is 303 g/mol. The summed E-state index contributed by atoms with van der Waals surface area (Å²) in [7, 11) is 4.13. The lowest BCUT2D eigenvalue weighted by Gasteiger charge is -2.32. The minimum absolute atomic E-state index is 0.0379. The third-order valence-corrected chi connectivity index (χ3v) is 2.60. The van der Waals surface area contributed by atoms with Crippen LogP contribution in [0, 0.1) is 11.3 Å². The third-order valence-electron chi connectivity index (χ3n) is 2.60. The summed E-state index contributed by atoms with van der Waals surface area (Å²) in [5.41, 5.74) is 0. The van der Waals surface area contributed by atoms with Crippen LogP contribution in [-0.2, 0) is 33.3 Å². The van der Waals surface area contributed by atoms with Gasteiger partial charge in [0.15, 0.2) is 6.10 Å². The lowest BCUT2D eigenvalue weighted by atomic mass is 10.0. The van der Waals surface area contributed by atoms with Crippen LogP contribution in [0.5, 0.6) is 0 Å². The van der Waals surface area contributed by atoms with Crippen LogP contribution >= 0.6 is 0 Å². The minimum Gasteiger partial charge on any atom is -0.457 e. The first kappa shape index (κ1) is 19.3. The molecule has 0 aliphatic carbocycles. The molecular formula is C13H21NO7. The van der Waals surface area contributed by atoms with Crippen molar-refractivity contribution in [2.75, 3.05) is 27.9 Å². The highest BCUT2D eigenvalue weighted by Gasteiger charge is 2.39. The smallest absolute Gasteiger partial charge is 0.304 e. The van der Waals surface area contributed by atoms with E-state index in [-0.39, 0.29) is 6.61 Å². The number of carbonyl (C=O) groups is 2. The van der Waals surface area contributed by atoms with Gasteiger partial charge < -0.3 is 23.7 Å². The van der Waals surface area contributed by atoms with Crippen LogP contribution in [0.1, 0.15) is 13.8 Å². The first-order chi connectivity index (χ1) is 9.90. The predicted molar refractivity (Wildman–Crippen MR) is 70.2 cm³/mol. The van der Waals surface area contributed by atoms with E-state index in [0.717, 1.165) is 0 Å². The maximum absolute atomic E-state index is 11.2. The molecule has 0 saturated carbocycles. The molecule has 0 radical (unpaired) electrons. The zero-order valence-corrected chi connectivity index (χ0v) is 12.8. The molecule has 0 amide bonds. The fourth-order valence-corrected chi connectivity index (χ4v) is 1.85. The number of carbonyl (C=O) groups excluding carboxylic acids is 2. The highest BCUT2D eigenvalue weighted by molar-refractivity contribution is 5.66. The Balaban J connectivity index is 5.24. The second-order valence-electron chi connectivity index (χ2n) is 4.16. The molecule has 8 heteroatoms. The Kier molecular flexibility index (Phi) is 9.28. The lowest BCUT2D eigenvalue weighted by molar-refractivity contribution is -0.180. The van der Waals surface area contributed by atoms with Gasteiger partial charge in [0.2, 0.25) is 6.10 Å². The SMILES string of the molecule is COC[C@@H](OC(C)=O)[C@@H](OC)[C@H](OC)[C@H](C#N)OC(C)=O. The van der Waals surface area contributed by atoms with E-state index in [1.807, 2.05) is 6.07 Å². The molecule has 0 heterocycles. The van der Waals surface area contributed by atoms with E-state index >= 15 is 0 Å². The van der Waals surface area contributed by atoms with E-state index in [9.17, 15) is 9.59 Å². The van der Waals surface area contributed by atoms with Crippen molar-refractivity contribution in [2.24, 2.45) is 0 Å². The van der Waals surface area contributed by atoms with Crippen molar-refractivity contribution in [3.8, 4) is 6.07 Å². The van der Waals surface area contributed by atoms with Crippen molar-refractivity contribution in [2.45, 2.75) is 38.3 Å². The first-order valence-corrected chi connectivity index (χ1v) is 6.19. The van der Waals surface area contributed by atoms with E-state index in [4.69, 9.17) is 28.9 Å². The fourth-order valence-electron chi connectivity index (χ4n) is 1.85. The molecular weight excluding hydrogens is 282 g/mol. The molecule has 4 atom stereocenters. The Morgan fingerprint density at radius 2 is 1.52 bits per heavy atom. The highest BCUT2D eigenvalue weighted by atomic mass is 16.6. The van der Waals surface area contributed by atoms with Crippen LogP contribution in [0.4, 0.5) is 0 Å². The number of hydrogen-bond donors (Lipinski definition) is 0. The molecule has 0 aromatic heterocycles.